The lowest BCUT2D eigenvalue weighted by Crippen LogP contribution is -2.03. The first-order valence-electron chi connectivity index (χ1n) is 3.41. The lowest BCUT2D eigenvalue weighted by Gasteiger charge is -2.01. The molecule has 4 nitrogen and oxygen atoms in total. The fourth-order valence-electron chi connectivity index (χ4n) is 0.922. The van der Waals surface area contributed by atoms with Gasteiger partial charge in [-0.25, -0.2) is 0 Å². The van der Waals surface area contributed by atoms with Crippen LogP contribution < -0.4 is 0 Å². The van der Waals surface area contributed by atoms with Gasteiger partial charge in [-0.3, -0.25) is 10.1 Å². The van der Waals surface area contributed by atoms with Crippen LogP contribution in [0.15, 0.2) is 0 Å². The van der Waals surface area contributed by atoms with Crippen molar-refractivity contribution in [2.24, 2.45) is 0 Å². The van der Waals surface area contributed by atoms with Gasteiger partial charge in [-0.2, -0.15) is 13.8 Å². The molecular formula is C7H6F2N2O2. The van der Waals surface area contributed by atoms with E-state index >= 15 is 0 Å². The van der Waals surface area contributed by atoms with Crippen LogP contribution in [-0.4, -0.2) is 9.91 Å². The molecule has 0 aliphatic rings. The van der Waals surface area contributed by atoms with E-state index in [-0.39, 0.29) is 11.1 Å². The van der Waals surface area contributed by atoms with Gasteiger partial charge >= 0.3 is 5.69 Å². The molecule has 0 aliphatic carbocycles. The van der Waals surface area contributed by atoms with Crippen LogP contribution in [0.4, 0.5) is 14.5 Å². The smallest absolute Gasteiger partial charge is 0.258 e. The Hall–Kier alpha value is -1.59. The molecule has 0 saturated heterocycles. The van der Waals surface area contributed by atoms with Crippen LogP contribution in [0.25, 0.3) is 0 Å². The van der Waals surface area contributed by atoms with Gasteiger partial charge in [0.25, 0.3) is 5.95 Å². The molecule has 6 heteroatoms. The minimum Gasteiger partial charge on any atom is -0.258 e. The molecule has 0 fully saturated rings. The summed E-state index contributed by atoms with van der Waals surface area (Å²) < 4.78 is 25.5. The summed E-state index contributed by atoms with van der Waals surface area (Å²) in [6.07, 6.45) is 0. The van der Waals surface area contributed by atoms with Crippen LogP contribution in [0.3, 0.4) is 0 Å². The molecule has 1 aromatic heterocycles. The minimum atomic E-state index is -1.38. The van der Waals surface area contributed by atoms with E-state index in [4.69, 9.17) is 0 Å². The third kappa shape index (κ3) is 1.47. The summed E-state index contributed by atoms with van der Waals surface area (Å²) in [5.41, 5.74) is -0.804. The van der Waals surface area contributed by atoms with E-state index < -0.39 is 22.5 Å². The van der Waals surface area contributed by atoms with Crippen molar-refractivity contribution in [3.8, 4) is 0 Å². The van der Waals surface area contributed by atoms with Crippen molar-refractivity contribution in [2.45, 2.75) is 13.8 Å². The molecule has 0 bridgehead atoms. The molecule has 0 spiro atoms. The molecule has 0 atom stereocenters. The largest absolute Gasteiger partial charge is 0.327 e. The predicted octanol–water partition coefficient (Wildman–Crippen LogP) is 1.88. The molecule has 0 radical (unpaired) electrons. The monoisotopic (exact) mass is 188 g/mol. The highest BCUT2D eigenvalue weighted by Crippen LogP contribution is 2.24. The highest BCUT2D eigenvalue weighted by molar-refractivity contribution is 5.42. The van der Waals surface area contributed by atoms with Crippen LogP contribution in [0.2, 0.25) is 0 Å². The summed E-state index contributed by atoms with van der Waals surface area (Å²) >= 11 is 0. The summed E-state index contributed by atoms with van der Waals surface area (Å²) in [4.78, 5) is 12.2. The molecule has 1 heterocycles. The topological polar surface area (TPSA) is 56.0 Å². The molecule has 1 aromatic rings. The van der Waals surface area contributed by atoms with E-state index in [1.807, 2.05) is 0 Å². The van der Waals surface area contributed by atoms with Crippen molar-refractivity contribution in [3.05, 3.63) is 33.1 Å². The predicted molar refractivity (Wildman–Crippen MR) is 40.3 cm³/mol. The Labute approximate surface area is 72.4 Å². The van der Waals surface area contributed by atoms with Crippen LogP contribution in [0.5, 0.6) is 0 Å². The SMILES string of the molecule is Cc1c(F)nc(F)c([N+](=O)[O-])c1C. The van der Waals surface area contributed by atoms with Crippen molar-refractivity contribution in [1.29, 1.82) is 0 Å². The van der Waals surface area contributed by atoms with Gasteiger partial charge in [-0.15, -0.1) is 0 Å². The maximum absolute atomic E-state index is 12.7. The minimum absolute atomic E-state index is 0.00639. The molecule has 0 amide bonds. The van der Waals surface area contributed by atoms with Crippen molar-refractivity contribution in [1.82, 2.24) is 4.98 Å². The second-order valence-electron chi connectivity index (χ2n) is 2.55. The summed E-state index contributed by atoms with van der Waals surface area (Å²) in [6, 6.07) is 0. The van der Waals surface area contributed by atoms with Gasteiger partial charge in [0.1, 0.15) is 0 Å². The fourth-order valence-corrected chi connectivity index (χ4v) is 0.922. The number of nitrogens with zero attached hydrogens (tertiary/aromatic N) is 2. The van der Waals surface area contributed by atoms with Crippen molar-refractivity contribution in [2.75, 3.05) is 0 Å². The van der Waals surface area contributed by atoms with Crippen LogP contribution in [0.1, 0.15) is 11.1 Å². The molecule has 0 aromatic carbocycles. The number of hydrogen-bond donors (Lipinski definition) is 0. The molecule has 0 N–H and O–H groups in total. The lowest BCUT2D eigenvalue weighted by molar-refractivity contribution is -0.388. The summed E-state index contributed by atoms with van der Waals surface area (Å²) in [7, 11) is 0. The van der Waals surface area contributed by atoms with E-state index in [0.717, 1.165) is 0 Å². The van der Waals surface area contributed by atoms with Gasteiger partial charge in [-0.05, 0) is 13.8 Å². The number of nitro groups is 1. The number of rotatable bonds is 1. The van der Waals surface area contributed by atoms with E-state index in [1.54, 1.807) is 0 Å². The maximum Gasteiger partial charge on any atom is 0.327 e. The lowest BCUT2D eigenvalue weighted by atomic mass is 10.1. The van der Waals surface area contributed by atoms with E-state index in [9.17, 15) is 18.9 Å². The van der Waals surface area contributed by atoms with Gasteiger partial charge in [0.2, 0.25) is 5.95 Å². The Morgan fingerprint density at radius 3 is 2.23 bits per heavy atom. The Balaban J connectivity index is 3.53. The number of halogens is 2. The normalized spacial score (nSPS) is 10.2. The number of aromatic nitrogens is 1. The first-order chi connectivity index (χ1) is 5.95. The van der Waals surface area contributed by atoms with Gasteiger partial charge in [0, 0.05) is 11.1 Å². The zero-order chi connectivity index (χ0) is 10.2. The highest BCUT2D eigenvalue weighted by atomic mass is 19.1. The second-order valence-corrected chi connectivity index (χ2v) is 2.55. The van der Waals surface area contributed by atoms with Gasteiger partial charge in [-0.1, -0.05) is 0 Å². The standard InChI is InChI=1S/C7H6F2N2O2/c1-3-4(2)6(8)10-7(9)5(3)11(12)13/h1-2H3. The summed E-state index contributed by atoms with van der Waals surface area (Å²) in [6.45, 7) is 2.59. The van der Waals surface area contributed by atoms with Gasteiger partial charge in [0.15, 0.2) is 0 Å². The highest BCUT2D eigenvalue weighted by Gasteiger charge is 2.23. The van der Waals surface area contributed by atoms with E-state index in [2.05, 4.69) is 4.98 Å². The van der Waals surface area contributed by atoms with Crippen molar-refractivity contribution < 1.29 is 13.7 Å². The number of hydrogen-bond acceptors (Lipinski definition) is 3. The maximum atomic E-state index is 12.7. The van der Waals surface area contributed by atoms with Crippen molar-refractivity contribution in [3.63, 3.8) is 0 Å². The van der Waals surface area contributed by atoms with Crippen LogP contribution >= 0.6 is 0 Å². The average Bonchev–Trinajstić information content (AvgIpc) is 1.99. The Morgan fingerprint density at radius 2 is 1.77 bits per heavy atom. The number of pyridine rings is 1. The quantitative estimate of drug-likeness (QED) is 0.384. The van der Waals surface area contributed by atoms with E-state index in [0.29, 0.717) is 0 Å². The van der Waals surface area contributed by atoms with Gasteiger partial charge in [0.05, 0.1) is 4.92 Å². The molecule has 0 saturated carbocycles. The third-order valence-electron chi connectivity index (χ3n) is 1.80. The average molecular weight is 188 g/mol. The zero-order valence-corrected chi connectivity index (χ0v) is 6.97. The van der Waals surface area contributed by atoms with E-state index in [1.165, 1.54) is 13.8 Å². The third-order valence-corrected chi connectivity index (χ3v) is 1.80. The van der Waals surface area contributed by atoms with Crippen LogP contribution in [0, 0.1) is 35.9 Å². The zero-order valence-electron chi connectivity index (χ0n) is 6.97. The van der Waals surface area contributed by atoms with Gasteiger partial charge < -0.3 is 0 Å². The molecule has 70 valence electrons. The Bertz CT molecular complexity index is 379. The molecule has 0 unspecified atom stereocenters. The first-order valence-corrected chi connectivity index (χ1v) is 3.41. The van der Waals surface area contributed by atoms with Crippen LogP contribution in [-0.2, 0) is 0 Å². The first kappa shape index (κ1) is 9.50. The van der Waals surface area contributed by atoms with Crippen molar-refractivity contribution >= 4 is 5.69 Å². The summed E-state index contributed by atoms with van der Waals surface area (Å²) in [5.74, 6) is -2.40. The Kier molecular flexibility index (Phi) is 2.22. The fraction of sp³-hybridized carbons (Fsp3) is 0.286. The Morgan fingerprint density at radius 1 is 1.23 bits per heavy atom. The molecule has 13 heavy (non-hydrogen) atoms. The molecule has 0 aliphatic heterocycles. The molecule has 1 rings (SSSR count). The second kappa shape index (κ2) is 3.04. The molecular weight excluding hydrogens is 182 g/mol. The summed E-state index contributed by atoms with van der Waals surface area (Å²) in [5, 5.41) is 10.3.